The zero-order chi connectivity index (χ0) is 23.8. The molecule has 0 bridgehead atoms. The molecule has 0 aliphatic heterocycles. The average Bonchev–Trinajstić information content (AvgIpc) is 2.80. The minimum Gasteiger partial charge on any atom is -0.452 e. The molecular weight excluding hydrogens is 440 g/mol. The zero-order valence-corrected chi connectivity index (χ0v) is 19.7. The van der Waals surface area contributed by atoms with Crippen LogP contribution in [-0.4, -0.2) is 32.9 Å². The van der Waals surface area contributed by atoms with E-state index in [1.807, 2.05) is 18.2 Å². The molecule has 1 fully saturated rings. The summed E-state index contributed by atoms with van der Waals surface area (Å²) < 4.78 is 32.2. The summed E-state index contributed by atoms with van der Waals surface area (Å²) in [4.78, 5) is 24.6. The highest BCUT2D eigenvalue weighted by molar-refractivity contribution is 7.95. The first-order chi connectivity index (χ1) is 15.7. The normalized spacial score (nSPS) is 20.8. The van der Waals surface area contributed by atoms with Gasteiger partial charge in [-0.25, -0.2) is 13.2 Å². The van der Waals surface area contributed by atoms with Crippen LogP contribution in [0.25, 0.3) is 6.08 Å². The Hall–Kier alpha value is -3.13. The van der Waals surface area contributed by atoms with E-state index < -0.39 is 16.0 Å². The number of hydrogen-bond donors (Lipinski definition) is 2. The van der Waals surface area contributed by atoms with Gasteiger partial charge in [0.25, 0.3) is 15.9 Å². The van der Waals surface area contributed by atoms with E-state index in [4.69, 9.17) is 4.74 Å². The Morgan fingerprint density at radius 3 is 2.58 bits per heavy atom. The molecular formula is C25H30N2O5S. The largest absolute Gasteiger partial charge is 0.452 e. The summed E-state index contributed by atoms with van der Waals surface area (Å²) in [6.07, 6.45) is 4.63. The molecule has 33 heavy (non-hydrogen) atoms. The van der Waals surface area contributed by atoms with E-state index in [1.165, 1.54) is 24.3 Å². The van der Waals surface area contributed by atoms with E-state index in [-0.39, 0.29) is 29.8 Å². The topological polar surface area (TPSA) is 102 Å². The van der Waals surface area contributed by atoms with Crippen molar-refractivity contribution in [1.29, 1.82) is 0 Å². The minimum atomic E-state index is -3.77. The van der Waals surface area contributed by atoms with E-state index in [1.54, 1.807) is 18.2 Å². The van der Waals surface area contributed by atoms with Gasteiger partial charge in [0.1, 0.15) is 0 Å². The zero-order valence-electron chi connectivity index (χ0n) is 18.9. The average molecular weight is 471 g/mol. The third-order valence-corrected chi connectivity index (χ3v) is 7.00. The van der Waals surface area contributed by atoms with Gasteiger partial charge in [-0.1, -0.05) is 63.1 Å². The summed E-state index contributed by atoms with van der Waals surface area (Å²) in [5.41, 5.74) is 1.11. The van der Waals surface area contributed by atoms with Crippen molar-refractivity contribution in [2.24, 2.45) is 11.8 Å². The summed E-state index contributed by atoms with van der Waals surface area (Å²) in [7, 11) is -3.77. The van der Waals surface area contributed by atoms with Crippen molar-refractivity contribution in [2.75, 3.05) is 11.3 Å². The van der Waals surface area contributed by atoms with Crippen LogP contribution in [0.3, 0.4) is 0 Å². The van der Waals surface area contributed by atoms with E-state index in [9.17, 15) is 18.0 Å². The lowest BCUT2D eigenvalue weighted by molar-refractivity contribution is -0.125. The molecule has 1 aliphatic rings. The van der Waals surface area contributed by atoms with Crippen molar-refractivity contribution in [2.45, 2.75) is 39.2 Å². The van der Waals surface area contributed by atoms with Crippen LogP contribution in [-0.2, 0) is 19.6 Å². The summed E-state index contributed by atoms with van der Waals surface area (Å²) in [6, 6.07) is 15.1. The number of anilines is 1. The van der Waals surface area contributed by atoms with Crippen molar-refractivity contribution in [3.63, 3.8) is 0 Å². The van der Waals surface area contributed by atoms with Crippen LogP contribution in [0, 0.1) is 11.8 Å². The molecule has 2 aromatic rings. The summed E-state index contributed by atoms with van der Waals surface area (Å²) in [6.45, 7) is 3.93. The third-order valence-electron chi connectivity index (χ3n) is 5.99. The third kappa shape index (κ3) is 7.46. The Labute approximate surface area is 195 Å². The van der Waals surface area contributed by atoms with Gasteiger partial charge in [-0.3, -0.25) is 9.52 Å². The molecule has 0 saturated heterocycles. The SMILES string of the molecule is C[C@@H]1[C@H](C)CCC[C@@H]1NC(=O)COC(=O)c1cccc(NS(=O)(=O)/C=C/c2ccccc2)c1. The number of nitrogens with one attached hydrogen (secondary N) is 2. The highest BCUT2D eigenvalue weighted by atomic mass is 32.2. The van der Waals surface area contributed by atoms with Crippen LogP contribution in [0.15, 0.2) is 60.0 Å². The maximum absolute atomic E-state index is 12.4. The number of benzene rings is 2. The fourth-order valence-electron chi connectivity index (χ4n) is 3.89. The lowest BCUT2D eigenvalue weighted by Gasteiger charge is -2.34. The predicted molar refractivity (Wildman–Crippen MR) is 129 cm³/mol. The highest BCUT2D eigenvalue weighted by Gasteiger charge is 2.28. The molecule has 1 saturated carbocycles. The van der Waals surface area contributed by atoms with E-state index in [0.717, 1.165) is 30.2 Å². The van der Waals surface area contributed by atoms with Gasteiger partial charge in [0.2, 0.25) is 0 Å². The number of amides is 1. The van der Waals surface area contributed by atoms with Crippen LogP contribution < -0.4 is 10.0 Å². The second-order valence-corrected chi connectivity index (χ2v) is 10.0. The molecule has 2 N–H and O–H groups in total. The number of ether oxygens (including phenoxy) is 1. The Morgan fingerprint density at radius 1 is 1.06 bits per heavy atom. The van der Waals surface area contributed by atoms with Gasteiger partial charge in [-0.05, 0) is 48.1 Å². The fourth-order valence-corrected chi connectivity index (χ4v) is 4.75. The Bertz CT molecular complexity index is 1100. The standard InChI is InChI=1S/C25H30N2O5S/c1-18-8-6-13-23(19(18)2)26-24(28)17-32-25(29)21-11-7-12-22(16-21)27-33(30,31)15-14-20-9-4-3-5-10-20/h3-5,7,9-12,14-16,18-19,23,27H,6,8,13,17H2,1-2H3,(H,26,28)/b15-14+/t18-,19-,23+/m1/s1. The van der Waals surface area contributed by atoms with Gasteiger partial charge in [0, 0.05) is 11.7 Å². The van der Waals surface area contributed by atoms with Crippen molar-refractivity contribution in [3.05, 3.63) is 71.1 Å². The van der Waals surface area contributed by atoms with Crippen LogP contribution in [0.2, 0.25) is 0 Å². The molecule has 0 heterocycles. The van der Waals surface area contributed by atoms with Crippen LogP contribution >= 0.6 is 0 Å². The molecule has 7 nitrogen and oxygen atoms in total. The molecule has 2 aromatic carbocycles. The van der Waals surface area contributed by atoms with Gasteiger partial charge in [-0.15, -0.1) is 0 Å². The Morgan fingerprint density at radius 2 is 1.82 bits per heavy atom. The van der Waals surface area contributed by atoms with Gasteiger partial charge >= 0.3 is 5.97 Å². The van der Waals surface area contributed by atoms with Crippen LogP contribution in [0.4, 0.5) is 5.69 Å². The molecule has 1 amide bonds. The lowest BCUT2D eigenvalue weighted by atomic mass is 9.78. The maximum Gasteiger partial charge on any atom is 0.338 e. The van der Waals surface area contributed by atoms with Crippen molar-refractivity contribution in [3.8, 4) is 0 Å². The van der Waals surface area contributed by atoms with Gasteiger partial charge in [0.05, 0.1) is 11.0 Å². The van der Waals surface area contributed by atoms with Gasteiger partial charge < -0.3 is 10.1 Å². The highest BCUT2D eigenvalue weighted by Crippen LogP contribution is 2.29. The van der Waals surface area contributed by atoms with E-state index in [0.29, 0.717) is 11.8 Å². The number of esters is 1. The van der Waals surface area contributed by atoms with Crippen molar-refractivity contribution in [1.82, 2.24) is 5.32 Å². The summed E-state index contributed by atoms with van der Waals surface area (Å²) in [5, 5.41) is 4.02. The smallest absolute Gasteiger partial charge is 0.338 e. The first-order valence-electron chi connectivity index (χ1n) is 11.1. The van der Waals surface area contributed by atoms with Crippen LogP contribution in [0.5, 0.6) is 0 Å². The predicted octanol–water partition coefficient (Wildman–Crippen LogP) is 4.20. The molecule has 0 radical (unpaired) electrons. The molecule has 8 heteroatoms. The molecule has 0 spiro atoms. The second-order valence-electron chi connectivity index (χ2n) is 8.46. The van der Waals surface area contributed by atoms with Gasteiger partial charge in [-0.2, -0.15) is 0 Å². The molecule has 176 valence electrons. The number of carbonyl (C=O) groups excluding carboxylic acids is 2. The molecule has 0 aromatic heterocycles. The summed E-state index contributed by atoms with van der Waals surface area (Å²) in [5.74, 6) is -0.118. The minimum absolute atomic E-state index is 0.0848. The number of rotatable bonds is 8. The maximum atomic E-state index is 12.4. The van der Waals surface area contributed by atoms with Gasteiger partial charge in [0.15, 0.2) is 6.61 Å². The number of sulfonamides is 1. The first kappa shape index (κ1) is 24.5. The second kappa shape index (κ2) is 11.1. The van der Waals surface area contributed by atoms with E-state index >= 15 is 0 Å². The van der Waals surface area contributed by atoms with Crippen molar-refractivity contribution < 1.29 is 22.7 Å². The Balaban J connectivity index is 1.54. The molecule has 1 aliphatic carbocycles. The molecule has 3 atom stereocenters. The first-order valence-corrected chi connectivity index (χ1v) is 12.6. The monoisotopic (exact) mass is 470 g/mol. The Kier molecular flexibility index (Phi) is 8.27. The quantitative estimate of drug-likeness (QED) is 0.563. The lowest BCUT2D eigenvalue weighted by Crippen LogP contribution is -2.45. The molecule has 3 rings (SSSR count). The molecule has 0 unspecified atom stereocenters. The summed E-state index contributed by atoms with van der Waals surface area (Å²) >= 11 is 0. The number of carbonyl (C=O) groups is 2. The van der Waals surface area contributed by atoms with Crippen LogP contribution in [0.1, 0.15) is 49.0 Å². The van der Waals surface area contributed by atoms with E-state index in [2.05, 4.69) is 23.9 Å². The van der Waals surface area contributed by atoms with Crippen molar-refractivity contribution >= 4 is 33.7 Å². The fraction of sp³-hybridized carbons (Fsp3) is 0.360. The number of hydrogen-bond acceptors (Lipinski definition) is 5.